The number of thioether (sulfide) groups is 1. The molecular weight excluding hydrogens is 474 g/mol. The van der Waals surface area contributed by atoms with E-state index in [4.69, 9.17) is 9.29 Å². The van der Waals surface area contributed by atoms with Crippen LogP contribution in [0.1, 0.15) is 34.3 Å². The molecule has 0 aliphatic rings. The highest BCUT2D eigenvalue weighted by molar-refractivity contribution is 8.00. The van der Waals surface area contributed by atoms with E-state index >= 15 is 0 Å². The topological polar surface area (TPSA) is 113 Å². The zero-order valence-corrected chi connectivity index (χ0v) is 20.8. The van der Waals surface area contributed by atoms with Crippen LogP contribution < -0.4 is 10.1 Å². The van der Waals surface area contributed by atoms with Crippen molar-refractivity contribution in [3.8, 4) is 11.5 Å². The van der Waals surface area contributed by atoms with E-state index in [1.54, 1.807) is 30.3 Å². The van der Waals surface area contributed by atoms with E-state index in [1.807, 2.05) is 26.0 Å². The minimum Gasteiger partial charge on any atom is -0.506 e. The van der Waals surface area contributed by atoms with Crippen molar-refractivity contribution in [1.82, 2.24) is 5.32 Å². The molecule has 3 aromatic rings. The van der Waals surface area contributed by atoms with Gasteiger partial charge in [-0.2, -0.15) is 8.42 Å². The number of phenolic OH excluding ortho intramolecular Hbond substituents is 1. The Hall–Kier alpha value is -2.75. The molecule has 0 unspecified atom stereocenters. The first-order valence-corrected chi connectivity index (χ1v) is 13.6. The van der Waals surface area contributed by atoms with Gasteiger partial charge in [0.05, 0.1) is 17.9 Å². The first-order chi connectivity index (χ1) is 16.2. The fourth-order valence-electron chi connectivity index (χ4n) is 3.54. The maximum Gasteiger partial charge on any atom is 0.265 e. The molecule has 1 amide bonds. The van der Waals surface area contributed by atoms with E-state index < -0.39 is 21.8 Å². The van der Waals surface area contributed by atoms with Crippen LogP contribution in [-0.2, 0) is 10.1 Å². The van der Waals surface area contributed by atoms with Gasteiger partial charge in [0, 0.05) is 22.6 Å². The number of benzene rings is 3. The average Bonchev–Trinajstić information content (AvgIpc) is 2.78. The SMILES string of the molecule is Cc1ccc(OCCCCNC(=O)c2cc(SCCS(=O)(=O)O)c3ccccc3c2O)c(C)c1. The predicted octanol–water partition coefficient (Wildman–Crippen LogP) is 4.73. The van der Waals surface area contributed by atoms with E-state index in [0.29, 0.717) is 35.2 Å². The number of fused-ring (bicyclic) bond motifs is 1. The fourth-order valence-corrected chi connectivity index (χ4v) is 5.47. The molecule has 182 valence electrons. The van der Waals surface area contributed by atoms with Gasteiger partial charge in [-0.15, -0.1) is 11.8 Å². The zero-order chi connectivity index (χ0) is 24.7. The van der Waals surface area contributed by atoms with Crippen molar-refractivity contribution in [3.05, 3.63) is 65.2 Å². The first kappa shape index (κ1) is 25.9. The van der Waals surface area contributed by atoms with Crippen molar-refractivity contribution in [2.75, 3.05) is 24.7 Å². The Morgan fingerprint density at radius 2 is 1.79 bits per heavy atom. The Morgan fingerprint density at radius 3 is 2.50 bits per heavy atom. The van der Waals surface area contributed by atoms with Crippen molar-refractivity contribution in [3.63, 3.8) is 0 Å². The second kappa shape index (κ2) is 11.6. The Balaban J connectivity index is 1.59. The van der Waals surface area contributed by atoms with Crippen LogP contribution in [0.5, 0.6) is 11.5 Å². The number of phenols is 1. The van der Waals surface area contributed by atoms with Crippen molar-refractivity contribution in [2.45, 2.75) is 31.6 Å². The number of aromatic hydroxyl groups is 1. The van der Waals surface area contributed by atoms with Gasteiger partial charge in [0.15, 0.2) is 0 Å². The molecule has 9 heteroatoms. The molecule has 0 aliphatic heterocycles. The summed E-state index contributed by atoms with van der Waals surface area (Å²) in [5.74, 6) is 0.0450. The monoisotopic (exact) mass is 503 g/mol. The maximum atomic E-state index is 12.8. The Bertz CT molecular complexity index is 1270. The Labute approximate surface area is 204 Å². The van der Waals surface area contributed by atoms with Crippen LogP contribution in [0.4, 0.5) is 0 Å². The fraction of sp³-hybridized carbons (Fsp3) is 0.320. The van der Waals surface area contributed by atoms with Gasteiger partial charge >= 0.3 is 0 Å². The molecule has 0 atom stereocenters. The normalized spacial score (nSPS) is 11.5. The number of nitrogens with one attached hydrogen (secondary N) is 1. The molecule has 0 aromatic heterocycles. The Kier molecular flexibility index (Phi) is 8.82. The maximum absolute atomic E-state index is 12.8. The van der Waals surface area contributed by atoms with Gasteiger partial charge in [-0.3, -0.25) is 9.35 Å². The Morgan fingerprint density at radius 1 is 1.06 bits per heavy atom. The molecule has 3 rings (SSSR count). The summed E-state index contributed by atoms with van der Waals surface area (Å²) in [5.41, 5.74) is 2.40. The number of aryl methyl sites for hydroxylation is 2. The van der Waals surface area contributed by atoms with Crippen molar-refractivity contribution < 1.29 is 27.6 Å². The lowest BCUT2D eigenvalue weighted by Crippen LogP contribution is -2.25. The molecule has 0 bridgehead atoms. The minimum absolute atomic E-state index is 0.120. The van der Waals surface area contributed by atoms with Crippen LogP contribution in [0.25, 0.3) is 10.8 Å². The second-order valence-electron chi connectivity index (χ2n) is 8.03. The molecule has 0 saturated heterocycles. The van der Waals surface area contributed by atoms with Crippen molar-refractivity contribution in [2.24, 2.45) is 0 Å². The van der Waals surface area contributed by atoms with Gasteiger partial charge in [0.25, 0.3) is 16.0 Å². The summed E-state index contributed by atoms with van der Waals surface area (Å²) in [7, 11) is -4.08. The highest BCUT2D eigenvalue weighted by atomic mass is 32.2. The van der Waals surface area contributed by atoms with Crippen LogP contribution in [0, 0.1) is 13.8 Å². The molecule has 7 nitrogen and oxygen atoms in total. The highest BCUT2D eigenvalue weighted by Gasteiger charge is 2.17. The van der Waals surface area contributed by atoms with E-state index in [-0.39, 0.29) is 17.1 Å². The van der Waals surface area contributed by atoms with Crippen LogP contribution in [0.3, 0.4) is 0 Å². The van der Waals surface area contributed by atoms with Crippen molar-refractivity contribution in [1.29, 1.82) is 0 Å². The number of rotatable bonds is 11. The lowest BCUT2D eigenvalue weighted by atomic mass is 10.0. The quantitative estimate of drug-likeness (QED) is 0.197. The lowest BCUT2D eigenvalue weighted by Gasteiger charge is -2.13. The van der Waals surface area contributed by atoms with Gasteiger partial charge in [-0.1, -0.05) is 42.0 Å². The number of unbranched alkanes of at least 4 members (excludes halogenated alkanes) is 1. The number of carbonyl (C=O) groups is 1. The molecule has 0 spiro atoms. The number of amides is 1. The summed E-state index contributed by atoms with van der Waals surface area (Å²) in [5, 5.41) is 14.7. The summed E-state index contributed by atoms with van der Waals surface area (Å²) in [6, 6.07) is 14.7. The molecule has 0 fully saturated rings. The molecule has 34 heavy (non-hydrogen) atoms. The van der Waals surface area contributed by atoms with Gasteiger partial charge in [0.1, 0.15) is 11.5 Å². The molecular formula is C25H29NO6S2. The molecule has 0 aliphatic carbocycles. The molecule has 3 aromatic carbocycles. The van der Waals surface area contributed by atoms with Gasteiger partial charge in [-0.25, -0.2) is 0 Å². The summed E-state index contributed by atoms with van der Waals surface area (Å²) in [6.45, 7) is 5.00. The predicted molar refractivity (Wildman–Crippen MR) is 136 cm³/mol. The number of carbonyl (C=O) groups excluding carboxylic acids is 1. The third kappa shape index (κ3) is 7.12. The summed E-state index contributed by atoms with van der Waals surface area (Å²) in [4.78, 5) is 13.4. The third-order valence-electron chi connectivity index (χ3n) is 5.27. The second-order valence-corrected chi connectivity index (χ2v) is 10.7. The van der Waals surface area contributed by atoms with Crippen molar-refractivity contribution >= 4 is 38.6 Å². The number of hydrogen-bond donors (Lipinski definition) is 3. The zero-order valence-electron chi connectivity index (χ0n) is 19.2. The van der Waals surface area contributed by atoms with Crippen LogP contribution in [0.2, 0.25) is 0 Å². The van der Waals surface area contributed by atoms with E-state index in [0.717, 1.165) is 17.7 Å². The molecule has 0 saturated carbocycles. The van der Waals surface area contributed by atoms with E-state index in [9.17, 15) is 18.3 Å². The van der Waals surface area contributed by atoms with E-state index in [1.165, 1.54) is 17.3 Å². The third-order valence-corrected chi connectivity index (χ3v) is 7.30. The average molecular weight is 504 g/mol. The lowest BCUT2D eigenvalue weighted by molar-refractivity contribution is 0.0949. The molecule has 0 radical (unpaired) electrons. The number of hydrogen-bond acceptors (Lipinski definition) is 6. The minimum atomic E-state index is -4.08. The summed E-state index contributed by atoms with van der Waals surface area (Å²) < 4.78 is 36.9. The summed E-state index contributed by atoms with van der Waals surface area (Å²) >= 11 is 1.21. The number of ether oxygens (including phenoxy) is 1. The summed E-state index contributed by atoms with van der Waals surface area (Å²) in [6.07, 6.45) is 1.47. The van der Waals surface area contributed by atoms with Gasteiger partial charge < -0.3 is 15.2 Å². The first-order valence-electron chi connectivity index (χ1n) is 11.0. The van der Waals surface area contributed by atoms with Gasteiger partial charge in [0.2, 0.25) is 0 Å². The highest BCUT2D eigenvalue weighted by Crippen LogP contribution is 2.36. The largest absolute Gasteiger partial charge is 0.506 e. The molecule has 3 N–H and O–H groups in total. The van der Waals surface area contributed by atoms with Crippen LogP contribution in [0.15, 0.2) is 53.4 Å². The van der Waals surface area contributed by atoms with E-state index in [2.05, 4.69) is 11.4 Å². The molecule has 0 heterocycles. The van der Waals surface area contributed by atoms with Crippen LogP contribution in [-0.4, -0.2) is 48.6 Å². The standard InChI is InChI=1S/C25H29NO6S2/c1-17-9-10-22(18(2)15-17)32-12-6-5-11-26-25(28)21-16-23(33-13-14-34(29,30)31)19-7-3-4-8-20(19)24(21)27/h3-4,7-10,15-16,27H,5-6,11-14H2,1-2H3,(H,26,28)(H,29,30,31). The smallest absolute Gasteiger partial charge is 0.265 e. The van der Waals surface area contributed by atoms with Crippen LogP contribution >= 0.6 is 11.8 Å². The van der Waals surface area contributed by atoms with Gasteiger partial charge in [-0.05, 0) is 49.8 Å².